The molecule has 118 valence electrons. The van der Waals surface area contributed by atoms with Gasteiger partial charge in [-0.25, -0.2) is 0 Å². The molecule has 2 aliphatic rings. The van der Waals surface area contributed by atoms with Crippen molar-refractivity contribution in [3.05, 3.63) is 30.1 Å². The Morgan fingerprint density at radius 3 is 2.77 bits per heavy atom. The van der Waals surface area contributed by atoms with E-state index in [-0.39, 0.29) is 11.8 Å². The van der Waals surface area contributed by atoms with Gasteiger partial charge in [-0.3, -0.25) is 14.6 Å². The highest BCUT2D eigenvalue weighted by molar-refractivity contribution is 7.99. The third-order valence-electron chi connectivity index (χ3n) is 4.33. The van der Waals surface area contributed by atoms with E-state index < -0.39 is 11.9 Å². The lowest BCUT2D eigenvalue weighted by Crippen LogP contribution is -2.31. The summed E-state index contributed by atoms with van der Waals surface area (Å²) >= 11 is 1.67. The van der Waals surface area contributed by atoms with Gasteiger partial charge in [-0.1, -0.05) is 6.07 Å². The summed E-state index contributed by atoms with van der Waals surface area (Å²) in [6.07, 6.45) is 4.24. The number of aromatic nitrogens is 1. The van der Waals surface area contributed by atoms with Gasteiger partial charge in [0, 0.05) is 30.9 Å². The fourth-order valence-corrected chi connectivity index (χ4v) is 3.98. The molecule has 1 saturated heterocycles. The van der Waals surface area contributed by atoms with Crippen molar-refractivity contribution in [2.24, 2.45) is 11.8 Å². The van der Waals surface area contributed by atoms with E-state index in [1.165, 1.54) is 12.8 Å². The minimum atomic E-state index is -0.850. The van der Waals surface area contributed by atoms with E-state index in [0.29, 0.717) is 18.8 Å². The first-order chi connectivity index (χ1) is 10.6. The van der Waals surface area contributed by atoms with Crippen molar-refractivity contribution in [1.82, 2.24) is 9.88 Å². The van der Waals surface area contributed by atoms with Crippen LogP contribution in [0.5, 0.6) is 0 Å². The van der Waals surface area contributed by atoms with Crippen molar-refractivity contribution >= 4 is 23.6 Å². The molecule has 0 bridgehead atoms. The number of carboxylic acids is 1. The topological polar surface area (TPSA) is 70.5 Å². The number of carbonyl (C=O) groups is 2. The fourth-order valence-electron chi connectivity index (χ4n) is 2.84. The van der Waals surface area contributed by atoms with Crippen LogP contribution >= 0.6 is 11.8 Å². The molecule has 6 heteroatoms. The second kappa shape index (κ2) is 6.69. The van der Waals surface area contributed by atoms with Crippen molar-refractivity contribution in [3.63, 3.8) is 0 Å². The Hall–Kier alpha value is -1.56. The summed E-state index contributed by atoms with van der Waals surface area (Å²) in [6.45, 7) is 0.746. The quantitative estimate of drug-likeness (QED) is 0.866. The summed E-state index contributed by atoms with van der Waals surface area (Å²) in [5.74, 6) is 0.725. The molecular weight excluding hydrogens is 300 g/mol. The Morgan fingerprint density at radius 1 is 1.32 bits per heavy atom. The second-order valence-corrected chi connectivity index (χ2v) is 7.09. The van der Waals surface area contributed by atoms with E-state index >= 15 is 0 Å². The summed E-state index contributed by atoms with van der Waals surface area (Å²) in [5, 5.41) is 9.43. The first-order valence-electron chi connectivity index (χ1n) is 7.64. The van der Waals surface area contributed by atoms with Gasteiger partial charge >= 0.3 is 5.97 Å². The van der Waals surface area contributed by atoms with Crippen LogP contribution < -0.4 is 0 Å². The zero-order valence-electron chi connectivity index (χ0n) is 12.4. The number of nitrogens with zero attached hydrogens (tertiary/aromatic N) is 2. The smallest absolute Gasteiger partial charge is 0.309 e. The largest absolute Gasteiger partial charge is 0.481 e. The van der Waals surface area contributed by atoms with Gasteiger partial charge in [0.2, 0.25) is 5.91 Å². The van der Waals surface area contributed by atoms with Crippen LogP contribution in [-0.2, 0) is 9.59 Å². The van der Waals surface area contributed by atoms with Crippen LogP contribution in [0, 0.1) is 11.8 Å². The number of carbonyl (C=O) groups excluding carboxylic acids is 1. The first-order valence-corrected chi connectivity index (χ1v) is 8.80. The summed E-state index contributed by atoms with van der Waals surface area (Å²) in [6, 6.07) is 5.51. The van der Waals surface area contributed by atoms with Crippen molar-refractivity contribution in [3.8, 4) is 0 Å². The van der Waals surface area contributed by atoms with Crippen molar-refractivity contribution in [1.29, 1.82) is 0 Å². The van der Waals surface area contributed by atoms with Gasteiger partial charge in [0.05, 0.1) is 11.7 Å². The Morgan fingerprint density at radius 2 is 2.14 bits per heavy atom. The maximum absolute atomic E-state index is 12.3. The van der Waals surface area contributed by atoms with Crippen LogP contribution in [-0.4, -0.2) is 51.5 Å². The minimum Gasteiger partial charge on any atom is -0.481 e. The van der Waals surface area contributed by atoms with E-state index in [2.05, 4.69) is 4.98 Å². The van der Waals surface area contributed by atoms with Crippen LogP contribution in [0.4, 0.5) is 0 Å². The molecule has 0 aromatic carbocycles. The number of hydrogen-bond donors (Lipinski definition) is 1. The third kappa shape index (κ3) is 3.61. The van der Waals surface area contributed by atoms with Crippen molar-refractivity contribution in [2.75, 3.05) is 24.6 Å². The molecule has 2 fully saturated rings. The normalized spacial score (nSPS) is 24.5. The number of thioether (sulfide) groups is 1. The number of aliphatic carboxylic acids is 1. The van der Waals surface area contributed by atoms with E-state index in [0.717, 1.165) is 17.4 Å². The molecule has 3 rings (SSSR count). The van der Waals surface area contributed by atoms with Gasteiger partial charge in [-0.2, -0.15) is 11.8 Å². The van der Waals surface area contributed by atoms with Gasteiger partial charge in [-0.05, 0) is 36.6 Å². The maximum Gasteiger partial charge on any atom is 0.309 e. The molecule has 1 saturated carbocycles. The molecule has 5 nitrogen and oxygen atoms in total. The predicted octanol–water partition coefficient (Wildman–Crippen LogP) is 1.85. The van der Waals surface area contributed by atoms with Crippen LogP contribution in [0.1, 0.15) is 24.5 Å². The molecule has 2 heterocycles. The molecular formula is C16H20N2O3S. The molecule has 0 spiro atoms. The van der Waals surface area contributed by atoms with Crippen LogP contribution in [0.2, 0.25) is 0 Å². The fraction of sp³-hybridized carbons (Fsp3) is 0.562. The zero-order chi connectivity index (χ0) is 15.5. The summed E-state index contributed by atoms with van der Waals surface area (Å²) in [5.41, 5.74) is 0.760. The lowest BCUT2D eigenvalue weighted by atomic mass is 9.93. The molecule has 1 aliphatic carbocycles. The molecule has 0 radical (unpaired) electrons. The number of rotatable bonds is 6. The number of likely N-dealkylation sites (tertiary alicyclic amines) is 1. The number of hydrogen-bond acceptors (Lipinski definition) is 4. The average molecular weight is 320 g/mol. The average Bonchev–Trinajstić information content (AvgIpc) is 3.23. The van der Waals surface area contributed by atoms with Gasteiger partial charge in [-0.15, -0.1) is 0 Å². The highest BCUT2D eigenvalue weighted by Crippen LogP contribution is 2.34. The SMILES string of the molecule is O=C(O)[C@@H]1CN(C(=O)CSCC2CC2)C[C@H]1c1ccccn1. The van der Waals surface area contributed by atoms with Crippen LogP contribution in [0.3, 0.4) is 0 Å². The van der Waals surface area contributed by atoms with Crippen molar-refractivity contribution < 1.29 is 14.7 Å². The van der Waals surface area contributed by atoms with Crippen LogP contribution in [0.25, 0.3) is 0 Å². The van der Waals surface area contributed by atoms with Gasteiger partial charge in [0.25, 0.3) is 0 Å². The summed E-state index contributed by atoms with van der Waals surface area (Å²) in [7, 11) is 0. The monoisotopic (exact) mass is 320 g/mol. The van der Waals surface area contributed by atoms with Gasteiger partial charge < -0.3 is 10.0 Å². The summed E-state index contributed by atoms with van der Waals surface area (Å²) < 4.78 is 0. The molecule has 0 unspecified atom stereocenters. The molecule has 1 aromatic heterocycles. The lowest BCUT2D eigenvalue weighted by molar-refractivity contribution is -0.141. The second-order valence-electron chi connectivity index (χ2n) is 6.06. The predicted molar refractivity (Wildman–Crippen MR) is 84.7 cm³/mol. The standard InChI is InChI=1S/C16H20N2O3S/c19-15(10-22-9-11-4-5-11)18-7-12(13(8-18)16(20)21)14-3-1-2-6-17-14/h1-3,6,11-13H,4-5,7-10H2,(H,20,21)/t12-,13-/m1/s1. The number of pyridine rings is 1. The Bertz CT molecular complexity index is 548. The van der Waals surface area contributed by atoms with Crippen molar-refractivity contribution in [2.45, 2.75) is 18.8 Å². The maximum atomic E-state index is 12.3. The number of amides is 1. The molecule has 1 aromatic rings. The molecule has 1 amide bonds. The van der Waals surface area contributed by atoms with E-state index in [4.69, 9.17) is 0 Å². The highest BCUT2D eigenvalue weighted by Gasteiger charge is 2.41. The molecule has 1 aliphatic heterocycles. The third-order valence-corrected chi connectivity index (χ3v) is 5.49. The lowest BCUT2D eigenvalue weighted by Gasteiger charge is -2.16. The van der Waals surface area contributed by atoms with E-state index in [1.807, 2.05) is 18.2 Å². The van der Waals surface area contributed by atoms with E-state index in [1.54, 1.807) is 22.9 Å². The molecule has 22 heavy (non-hydrogen) atoms. The molecule has 2 atom stereocenters. The Labute approximate surface area is 134 Å². The highest BCUT2D eigenvalue weighted by atomic mass is 32.2. The van der Waals surface area contributed by atoms with Gasteiger partial charge in [0.15, 0.2) is 0 Å². The Balaban J connectivity index is 1.62. The first kappa shape index (κ1) is 15.3. The Kier molecular flexibility index (Phi) is 4.66. The zero-order valence-corrected chi connectivity index (χ0v) is 13.2. The molecule has 1 N–H and O–H groups in total. The van der Waals surface area contributed by atoms with Gasteiger partial charge in [0.1, 0.15) is 0 Å². The minimum absolute atomic E-state index is 0.0512. The van der Waals surface area contributed by atoms with E-state index in [9.17, 15) is 14.7 Å². The number of carboxylic acid groups (broad SMARTS) is 1. The van der Waals surface area contributed by atoms with Crippen LogP contribution in [0.15, 0.2) is 24.4 Å². The summed E-state index contributed by atoms with van der Waals surface area (Å²) in [4.78, 5) is 29.7.